The summed E-state index contributed by atoms with van der Waals surface area (Å²) in [4.78, 5) is 13.8. The number of aryl methyl sites for hydroxylation is 1. The fraction of sp³-hybridized carbons (Fsp3) is 0.500. The van der Waals surface area contributed by atoms with Gasteiger partial charge in [-0.2, -0.15) is 5.10 Å². The molecule has 0 unspecified atom stereocenters. The first-order valence-electron chi connectivity index (χ1n) is 9.52. The minimum absolute atomic E-state index is 0.388. The van der Waals surface area contributed by atoms with Crippen molar-refractivity contribution in [3.8, 4) is 11.3 Å². The smallest absolute Gasteiger partial charge is 0.223 e. The second-order valence-electron chi connectivity index (χ2n) is 8.03. The molecular weight excluding hydrogens is 324 g/mol. The molecule has 0 spiro atoms. The molecule has 6 rings (SSSR count). The van der Waals surface area contributed by atoms with Crippen LogP contribution in [0.3, 0.4) is 0 Å². The van der Waals surface area contributed by atoms with Crippen LogP contribution >= 0.6 is 0 Å². The van der Waals surface area contributed by atoms with E-state index in [9.17, 15) is 0 Å². The molecule has 3 aliphatic rings. The largest absolute Gasteiger partial charge is 0.351 e. The number of rotatable bonds is 4. The van der Waals surface area contributed by atoms with Gasteiger partial charge in [-0.05, 0) is 49.1 Å². The number of hydrogen-bond acceptors (Lipinski definition) is 5. The Morgan fingerprint density at radius 2 is 2.00 bits per heavy atom. The second-order valence-corrected chi connectivity index (χ2v) is 8.03. The summed E-state index contributed by atoms with van der Waals surface area (Å²) in [5.74, 6) is 2.75. The number of nitrogens with one attached hydrogen (secondary N) is 1. The van der Waals surface area contributed by atoms with Crippen LogP contribution in [0.1, 0.15) is 44.7 Å². The van der Waals surface area contributed by atoms with Crippen LogP contribution < -0.4 is 5.32 Å². The summed E-state index contributed by atoms with van der Waals surface area (Å²) in [5.41, 5.74) is 3.91. The molecule has 0 aliphatic heterocycles. The Balaban J connectivity index is 1.49. The number of nitrogens with zero attached hydrogens (tertiary/aromatic N) is 5. The first kappa shape index (κ1) is 15.7. The van der Waals surface area contributed by atoms with Gasteiger partial charge in [0.05, 0.1) is 11.4 Å². The quantitative estimate of drug-likeness (QED) is 0.777. The molecule has 6 heteroatoms. The minimum atomic E-state index is 0.388. The summed E-state index contributed by atoms with van der Waals surface area (Å²) < 4.78 is 1.94. The lowest BCUT2D eigenvalue weighted by Gasteiger charge is -2.36. The van der Waals surface area contributed by atoms with E-state index in [2.05, 4.69) is 40.3 Å². The van der Waals surface area contributed by atoms with Gasteiger partial charge in [-0.25, -0.2) is 15.0 Å². The van der Waals surface area contributed by atoms with Crippen LogP contribution in [0.4, 0.5) is 5.95 Å². The molecule has 0 radical (unpaired) electrons. The van der Waals surface area contributed by atoms with Crippen LogP contribution in [0.15, 0.2) is 24.5 Å². The van der Waals surface area contributed by atoms with Crippen molar-refractivity contribution >= 4 is 17.0 Å². The SMILES string of the molecule is CC(C)c1c2cc(-c3ccnc(N[C@H]4[C@@H]5CC[C@H]4C5)n3)cnc2nn1C. The lowest BCUT2D eigenvalue weighted by atomic mass is 9.78. The fourth-order valence-corrected chi connectivity index (χ4v) is 4.79. The molecule has 3 saturated carbocycles. The van der Waals surface area contributed by atoms with E-state index in [0.29, 0.717) is 12.0 Å². The third-order valence-electron chi connectivity index (χ3n) is 6.06. The highest BCUT2D eigenvalue weighted by Gasteiger charge is 2.46. The molecule has 6 nitrogen and oxygen atoms in total. The minimum Gasteiger partial charge on any atom is -0.351 e. The highest BCUT2D eigenvalue weighted by molar-refractivity contribution is 5.83. The standard InChI is InChI=1S/C20H24N6/c1-11(2)18-15-9-14(10-22-19(15)25-26(18)3)16-6-7-21-20(23-16)24-17-12-4-5-13(17)8-12/h6-7,9-13,17H,4-5,8H2,1-3H3,(H,21,23,24)/t12-,13+,17+. The van der Waals surface area contributed by atoms with E-state index >= 15 is 0 Å². The molecule has 3 atom stereocenters. The van der Waals surface area contributed by atoms with Gasteiger partial charge in [0.25, 0.3) is 0 Å². The predicted molar refractivity (Wildman–Crippen MR) is 102 cm³/mol. The van der Waals surface area contributed by atoms with Gasteiger partial charge in [0.15, 0.2) is 5.65 Å². The molecule has 0 saturated heterocycles. The summed E-state index contributed by atoms with van der Waals surface area (Å²) in [6.07, 6.45) is 7.76. The van der Waals surface area contributed by atoms with E-state index < -0.39 is 0 Å². The Kier molecular flexibility index (Phi) is 3.48. The molecule has 0 aromatic carbocycles. The van der Waals surface area contributed by atoms with E-state index in [1.54, 1.807) is 0 Å². The number of anilines is 1. The summed E-state index contributed by atoms with van der Waals surface area (Å²) in [5, 5.41) is 9.19. The van der Waals surface area contributed by atoms with Crippen LogP contribution in [0, 0.1) is 11.8 Å². The average Bonchev–Trinajstić information content (AvgIpc) is 3.32. The van der Waals surface area contributed by atoms with Crippen LogP contribution in [-0.2, 0) is 7.05 Å². The van der Waals surface area contributed by atoms with Crippen molar-refractivity contribution in [1.29, 1.82) is 0 Å². The van der Waals surface area contributed by atoms with Crippen LogP contribution in [0.25, 0.3) is 22.3 Å². The Hall–Kier alpha value is -2.50. The van der Waals surface area contributed by atoms with Crippen molar-refractivity contribution in [3.05, 3.63) is 30.2 Å². The van der Waals surface area contributed by atoms with E-state index in [1.165, 1.54) is 25.0 Å². The third kappa shape index (κ3) is 2.39. The van der Waals surface area contributed by atoms with Gasteiger partial charge < -0.3 is 5.32 Å². The van der Waals surface area contributed by atoms with Gasteiger partial charge in [-0.1, -0.05) is 13.8 Å². The van der Waals surface area contributed by atoms with Crippen molar-refractivity contribution in [2.75, 3.05) is 5.32 Å². The van der Waals surface area contributed by atoms with Crippen LogP contribution in [0.2, 0.25) is 0 Å². The van der Waals surface area contributed by atoms with Gasteiger partial charge in [-0.3, -0.25) is 4.68 Å². The molecule has 3 aromatic heterocycles. The zero-order valence-corrected chi connectivity index (χ0v) is 15.5. The van der Waals surface area contributed by atoms with Crippen molar-refractivity contribution in [3.63, 3.8) is 0 Å². The Morgan fingerprint density at radius 3 is 2.73 bits per heavy atom. The average molecular weight is 348 g/mol. The fourth-order valence-electron chi connectivity index (χ4n) is 4.79. The van der Waals surface area contributed by atoms with Crippen LogP contribution in [-0.4, -0.2) is 30.8 Å². The molecule has 3 heterocycles. The molecule has 3 fully saturated rings. The third-order valence-corrected chi connectivity index (χ3v) is 6.06. The number of hydrogen-bond donors (Lipinski definition) is 1. The Labute approximate surface area is 153 Å². The summed E-state index contributed by atoms with van der Waals surface area (Å²) in [6.45, 7) is 4.37. The maximum absolute atomic E-state index is 4.76. The molecule has 1 N–H and O–H groups in total. The zero-order valence-electron chi connectivity index (χ0n) is 15.5. The highest BCUT2D eigenvalue weighted by atomic mass is 15.3. The second kappa shape index (κ2) is 5.76. The topological polar surface area (TPSA) is 68.5 Å². The first-order valence-corrected chi connectivity index (χ1v) is 9.52. The number of aromatic nitrogens is 5. The maximum atomic E-state index is 4.76. The normalized spacial score (nSPS) is 24.2. The number of fused-ring (bicyclic) bond motifs is 2. The highest BCUT2D eigenvalue weighted by Crippen LogP contribution is 2.49. The molecule has 0 amide bonds. The Morgan fingerprint density at radius 1 is 1.19 bits per heavy atom. The monoisotopic (exact) mass is 348 g/mol. The molecule has 2 bridgehead atoms. The van der Waals surface area contributed by atoms with Crippen molar-refractivity contribution in [2.45, 2.75) is 45.1 Å². The first-order chi connectivity index (χ1) is 12.6. The molecule has 3 aliphatic carbocycles. The van der Waals surface area contributed by atoms with E-state index in [-0.39, 0.29) is 0 Å². The lowest BCUT2D eigenvalue weighted by molar-refractivity contribution is 0.261. The van der Waals surface area contributed by atoms with Crippen LogP contribution in [0.5, 0.6) is 0 Å². The molecule has 3 aromatic rings. The maximum Gasteiger partial charge on any atom is 0.223 e. The lowest BCUT2D eigenvalue weighted by Crippen LogP contribution is -2.41. The molecule has 26 heavy (non-hydrogen) atoms. The van der Waals surface area contributed by atoms with E-state index in [1.807, 2.05) is 30.2 Å². The summed E-state index contributed by atoms with van der Waals surface area (Å²) in [7, 11) is 1.98. The van der Waals surface area contributed by atoms with Gasteiger partial charge in [0, 0.05) is 36.4 Å². The predicted octanol–water partition coefficient (Wildman–Crippen LogP) is 3.76. The van der Waals surface area contributed by atoms with E-state index in [0.717, 1.165) is 40.1 Å². The zero-order chi connectivity index (χ0) is 17.8. The van der Waals surface area contributed by atoms with Gasteiger partial charge >= 0.3 is 0 Å². The number of pyridine rings is 1. The molecular formula is C20H24N6. The summed E-state index contributed by atoms with van der Waals surface area (Å²) in [6, 6.07) is 4.68. The Bertz CT molecular complexity index is 962. The van der Waals surface area contributed by atoms with Crippen molar-refractivity contribution in [2.24, 2.45) is 18.9 Å². The van der Waals surface area contributed by atoms with E-state index in [4.69, 9.17) is 4.98 Å². The molecule has 134 valence electrons. The van der Waals surface area contributed by atoms with Gasteiger partial charge in [-0.15, -0.1) is 0 Å². The summed E-state index contributed by atoms with van der Waals surface area (Å²) >= 11 is 0. The van der Waals surface area contributed by atoms with Crippen molar-refractivity contribution in [1.82, 2.24) is 24.7 Å². The van der Waals surface area contributed by atoms with Gasteiger partial charge in [0.2, 0.25) is 5.95 Å². The van der Waals surface area contributed by atoms with Crippen molar-refractivity contribution < 1.29 is 0 Å². The van der Waals surface area contributed by atoms with Gasteiger partial charge in [0.1, 0.15) is 0 Å².